The first-order chi connectivity index (χ1) is 8.67. The zero-order valence-electron chi connectivity index (χ0n) is 10.7. The molecule has 4 nitrogen and oxygen atoms in total. The van der Waals surface area contributed by atoms with Gasteiger partial charge in [-0.15, -0.1) is 0 Å². The maximum absolute atomic E-state index is 11.4. The summed E-state index contributed by atoms with van der Waals surface area (Å²) in [5.74, 6) is -0.182. The second kappa shape index (κ2) is 7.48. The molecule has 0 aromatic heterocycles. The van der Waals surface area contributed by atoms with Gasteiger partial charge in [0.05, 0.1) is 0 Å². The van der Waals surface area contributed by atoms with Crippen LogP contribution in [0.4, 0.5) is 0 Å². The highest BCUT2D eigenvalue weighted by atomic mass is 16.6. The second-order valence-electron chi connectivity index (χ2n) is 3.82. The van der Waals surface area contributed by atoms with E-state index in [0.717, 1.165) is 0 Å². The van der Waals surface area contributed by atoms with Crippen LogP contribution in [0.2, 0.25) is 0 Å². The Kier molecular flexibility index (Phi) is 5.91. The first-order valence-corrected chi connectivity index (χ1v) is 6.08. The summed E-state index contributed by atoms with van der Waals surface area (Å²) in [7, 11) is 0. The van der Waals surface area contributed by atoms with E-state index in [9.17, 15) is 9.59 Å². The fourth-order valence-electron chi connectivity index (χ4n) is 1.32. The SMILES string of the molecule is CCCC(=O)Oc1c[c]ccc1OC(=O)CCC. The largest absolute Gasteiger partial charge is 0.423 e. The topological polar surface area (TPSA) is 52.6 Å². The van der Waals surface area contributed by atoms with Crippen molar-refractivity contribution in [1.29, 1.82) is 0 Å². The standard InChI is InChI=1S/C14H17O4/c1-3-7-13(15)17-11-9-5-6-10-12(11)18-14(16)8-4-2/h5,9-10H,3-4,7-8H2,1-2H3. The molecular formula is C14H17O4. The van der Waals surface area contributed by atoms with Crippen molar-refractivity contribution in [3.63, 3.8) is 0 Å². The maximum atomic E-state index is 11.4. The van der Waals surface area contributed by atoms with Gasteiger partial charge in [-0.25, -0.2) is 0 Å². The fraction of sp³-hybridized carbons (Fsp3) is 0.429. The summed E-state index contributed by atoms with van der Waals surface area (Å²) in [6.45, 7) is 3.78. The van der Waals surface area contributed by atoms with Gasteiger partial charge in [0, 0.05) is 12.8 Å². The van der Waals surface area contributed by atoms with E-state index in [0.29, 0.717) is 25.7 Å². The molecule has 1 aromatic carbocycles. The molecule has 0 heterocycles. The van der Waals surface area contributed by atoms with Crippen LogP contribution in [0.1, 0.15) is 39.5 Å². The summed E-state index contributed by atoms with van der Waals surface area (Å²) in [5.41, 5.74) is 0. The normalized spacial score (nSPS) is 9.89. The lowest BCUT2D eigenvalue weighted by Crippen LogP contribution is -2.11. The summed E-state index contributed by atoms with van der Waals surface area (Å²) in [5, 5.41) is 0. The fourth-order valence-corrected chi connectivity index (χ4v) is 1.32. The van der Waals surface area contributed by atoms with Gasteiger partial charge in [-0.2, -0.15) is 0 Å². The molecule has 0 atom stereocenters. The molecule has 1 radical (unpaired) electrons. The predicted molar refractivity (Wildman–Crippen MR) is 66.4 cm³/mol. The van der Waals surface area contributed by atoms with Crippen molar-refractivity contribution in [3.05, 3.63) is 24.3 Å². The van der Waals surface area contributed by atoms with Crippen LogP contribution < -0.4 is 9.47 Å². The number of hydrogen-bond donors (Lipinski definition) is 0. The van der Waals surface area contributed by atoms with Crippen molar-refractivity contribution >= 4 is 11.9 Å². The number of carbonyl (C=O) groups is 2. The summed E-state index contributed by atoms with van der Waals surface area (Å²) in [6.07, 6.45) is 2.08. The molecule has 1 aromatic rings. The van der Waals surface area contributed by atoms with E-state index in [1.807, 2.05) is 13.8 Å². The van der Waals surface area contributed by atoms with E-state index in [2.05, 4.69) is 6.07 Å². The molecule has 0 amide bonds. The third-order valence-corrected chi connectivity index (χ3v) is 2.14. The van der Waals surface area contributed by atoms with E-state index < -0.39 is 0 Å². The molecule has 1 rings (SSSR count). The number of rotatable bonds is 6. The molecule has 0 spiro atoms. The Labute approximate surface area is 107 Å². The lowest BCUT2D eigenvalue weighted by atomic mass is 10.3. The lowest BCUT2D eigenvalue weighted by molar-refractivity contribution is -0.137. The number of esters is 2. The van der Waals surface area contributed by atoms with Gasteiger partial charge in [0.15, 0.2) is 11.5 Å². The third kappa shape index (κ3) is 4.57. The molecular weight excluding hydrogens is 232 g/mol. The van der Waals surface area contributed by atoms with Crippen LogP contribution in [0.3, 0.4) is 0 Å². The summed E-state index contributed by atoms with van der Waals surface area (Å²) in [6, 6.07) is 7.43. The molecule has 18 heavy (non-hydrogen) atoms. The smallest absolute Gasteiger partial charge is 0.311 e. The van der Waals surface area contributed by atoms with Gasteiger partial charge in [-0.1, -0.05) is 19.9 Å². The van der Waals surface area contributed by atoms with Crippen LogP contribution in [0.15, 0.2) is 18.2 Å². The van der Waals surface area contributed by atoms with Crippen LogP contribution in [0.5, 0.6) is 11.5 Å². The van der Waals surface area contributed by atoms with Crippen molar-refractivity contribution in [2.24, 2.45) is 0 Å². The lowest BCUT2D eigenvalue weighted by Gasteiger charge is -2.09. The highest BCUT2D eigenvalue weighted by Gasteiger charge is 2.12. The van der Waals surface area contributed by atoms with Crippen LogP contribution in [-0.4, -0.2) is 11.9 Å². The van der Waals surface area contributed by atoms with Crippen LogP contribution in [-0.2, 0) is 9.59 Å². The quantitative estimate of drug-likeness (QED) is 0.574. The molecule has 0 unspecified atom stereocenters. The predicted octanol–water partition coefficient (Wildman–Crippen LogP) is 2.90. The minimum atomic E-state index is -0.343. The van der Waals surface area contributed by atoms with Crippen molar-refractivity contribution in [2.75, 3.05) is 0 Å². The summed E-state index contributed by atoms with van der Waals surface area (Å²) >= 11 is 0. The number of ether oxygens (including phenoxy) is 2. The molecule has 0 aliphatic carbocycles. The maximum Gasteiger partial charge on any atom is 0.311 e. The number of hydrogen-bond acceptors (Lipinski definition) is 4. The molecule has 0 N–H and O–H groups in total. The Bertz CT molecular complexity index is 373. The zero-order valence-corrected chi connectivity index (χ0v) is 10.7. The highest BCUT2D eigenvalue weighted by Crippen LogP contribution is 2.27. The van der Waals surface area contributed by atoms with Crippen molar-refractivity contribution in [2.45, 2.75) is 39.5 Å². The Morgan fingerprint density at radius 3 is 2.17 bits per heavy atom. The van der Waals surface area contributed by atoms with Crippen LogP contribution in [0, 0.1) is 6.07 Å². The molecule has 0 fully saturated rings. The van der Waals surface area contributed by atoms with Gasteiger partial charge in [0.2, 0.25) is 0 Å². The minimum Gasteiger partial charge on any atom is -0.423 e. The third-order valence-electron chi connectivity index (χ3n) is 2.14. The Morgan fingerprint density at radius 2 is 1.61 bits per heavy atom. The van der Waals surface area contributed by atoms with Crippen molar-refractivity contribution in [1.82, 2.24) is 0 Å². The van der Waals surface area contributed by atoms with Gasteiger partial charge in [0.1, 0.15) is 0 Å². The minimum absolute atomic E-state index is 0.236. The van der Waals surface area contributed by atoms with E-state index in [1.54, 1.807) is 12.1 Å². The first kappa shape index (κ1) is 14.2. The first-order valence-electron chi connectivity index (χ1n) is 6.08. The average molecular weight is 249 g/mol. The van der Waals surface area contributed by atoms with E-state index in [1.165, 1.54) is 6.07 Å². The van der Waals surface area contributed by atoms with Gasteiger partial charge in [-0.05, 0) is 31.0 Å². The summed E-state index contributed by atoms with van der Waals surface area (Å²) < 4.78 is 10.2. The van der Waals surface area contributed by atoms with Gasteiger partial charge in [-0.3, -0.25) is 9.59 Å². The molecule has 0 saturated heterocycles. The zero-order chi connectivity index (χ0) is 13.4. The highest BCUT2D eigenvalue weighted by molar-refractivity contribution is 5.76. The molecule has 4 heteroatoms. The molecule has 0 saturated carbocycles. The van der Waals surface area contributed by atoms with Crippen molar-refractivity contribution < 1.29 is 19.1 Å². The summed E-state index contributed by atoms with van der Waals surface area (Å²) in [4.78, 5) is 22.8. The van der Waals surface area contributed by atoms with E-state index in [-0.39, 0.29) is 23.4 Å². The molecule has 0 bridgehead atoms. The molecule has 97 valence electrons. The molecule has 0 aliphatic heterocycles. The Morgan fingerprint density at radius 1 is 1.06 bits per heavy atom. The number of carbonyl (C=O) groups excluding carboxylic acids is 2. The number of benzene rings is 1. The van der Waals surface area contributed by atoms with E-state index in [4.69, 9.17) is 9.47 Å². The average Bonchev–Trinajstić information content (AvgIpc) is 2.32. The Balaban J connectivity index is 2.73. The van der Waals surface area contributed by atoms with Crippen LogP contribution >= 0.6 is 0 Å². The van der Waals surface area contributed by atoms with Gasteiger partial charge >= 0.3 is 11.9 Å². The van der Waals surface area contributed by atoms with Crippen LogP contribution in [0.25, 0.3) is 0 Å². The second-order valence-corrected chi connectivity index (χ2v) is 3.82. The van der Waals surface area contributed by atoms with Gasteiger partial charge < -0.3 is 9.47 Å². The van der Waals surface area contributed by atoms with Gasteiger partial charge in [0.25, 0.3) is 0 Å². The van der Waals surface area contributed by atoms with Crippen molar-refractivity contribution in [3.8, 4) is 11.5 Å². The monoisotopic (exact) mass is 249 g/mol. The Hall–Kier alpha value is -1.84. The van der Waals surface area contributed by atoms with E-state index >= 15 is 0 Å². The molecule has 0 aliphatic rings.